The van der Waals surface area contributed by atoms with Gasteiger partial charge in [-0.1, -0.05) is 57.4 Å². The van der Waals surface area contributed by atoms with Gasteiger partial charge >= 0.3 is 0 Å². The molecule has 0 aliphatic carbocycles. The summed E-state index contributed by atoms with van der Waals surface area (Å²) < 4.78 is 5.25. The van der Waals surface area contributed by atoms with Crippen molar-refractivity contribution in [2.45, 2.75) is 128 Å². The van der Waals surface area contributed by atoms with E-state index in [0.29, 0.717) is 50.1 Å². The van der Waals surface area contributed by atoms with Gasteiger partial charge in [-0.05, 0) is 50.5 Å². The number of nitrogens with one attached hydrogen (secondary N) is 1. The van der Waals surface area contributed by atoms with Crippen LogP contribution in [0.3, 0.4) is 0 Å². The minimum absolute atomic E-state index is 0.00496. The lowest BCUT2D eigenvalue weighted by atomic mass is 10.0. The zero-order valence-electron chi connectivity index (χ0n) is 26.8. The molecule has 1 aliphatic rings. The molecule has 0 saturated carbocycles. The summed E-state index contributed by atoms with van der Waals surface area (Å²) >= 11 is 1.46. The van der Waals surface area contributed by atoms with Gasteiger partial charge in [0.2, 0.25) is 17.7 Å². The van der Waals surface area contributed by atoms with E-state index < -0.39 is 11.0 Å². The summed E-state index contributed by atoms with van der Waals surface area (Å²) in [4.78, 5) is 60.7. The second kappa shape index (κ2) is 21.0. The lowest BCUT2D eigenvalue weighted by Gasteiger charge is -2.14. The standard InChI is InChI=1S/C33H51N3O7S/c1-25(43-2)28-22-26(19-20-29(28)36(41)42)24-34-31(38)18-14-10-9-13-17-27(37)16-12-8-6-4-5-7-11-15-21-35-32(39)23-30(44-3)33(35)40/h19-20,22,25,30H,4-18,21,23-24H2,1-3H3,(H,34,38). The van der Waals surface area contributed by atoms with Crippen LogP contribution in [0.15, 0.2) is 18.2 Å². The van der Waals surface area contributed by atoms with Crippen molar-refractivity contribution in [2.24, 2.45) is 0 Å². The summed E-state index contributed by atoms with van der Waals surface area (Å²) in [6.45, 7) is 2.60. The minimum atomic E-state index is -0.429. The number of ketones is 1. The van der Waals surface area contributed by atoms with Gasteiger partial charge in [-0.25, -0.2) is 0 Å². The second-order valence-corrected chi connectivity index (χ2v) is 12.7. The van der Waals surface area contributed by atoms with Crippen LogP contribution in [-0.2, 0) is 30.5 Å². The van der Waals surface area contributed by atoms with E-state index in [1.807, 2.05) is 6.26 Å². The molecular formula is C33H51N3O7S. The van der Waals surface area contributed by atoms with Gasteiger partial charge in [0.25, 0.3) is 5.69 Å². The Morgan fingerprint density at radius 1 is 0.977 bits per heavy atom. The first-order valence-corrected chi connectivity index (χ1v) is 17.4. The van der Waals surface area contributed by atoms with Gasteiger partial charge in [-0.3, -0.25) is 34.2 Å². The average Bonchev–Trinajstić information content (AvgIpc) is 3.29. The van der Waals surface area contributed by atoms with Crippen LogP contribution in [0.2, 0.25) is 0 Å². The van der Waals surface area contributed by atoms with E-state index >= 15 is 0 Å². The first-order chi connectivity index (χ1) is 21.2. The first-order valence-electron chi connectivity index (χ1n) is 16.1. The van der Waals surface area contributed by atoms with Crippen molar-refractivity contribution in [3.05, 3.63) is 39.4 Å². The number of methoxy groups -OCH3 is 1. The van der Waals surface area contributed by atoms with Crippen molar-refractivity contribution >= 4 is 41.0 Å². The monoisotopic (exact) mass is 633 g/mol. The van der Waals surface area contributed by atoms with Crippen LogP contribution in [0, 0.1) is 10.1 Å². The number of hydrogen-bond donors (Lipinski definition) is 1. The molecule has 246 valence electrons. The van der Waals surface area contributed by atoms with Crippen LogP contribution < -0.4 is 5.32 Å². The van der Waals surface area contributed by atoms with Crippen molar-refractivity contribution in [1.29, 1.82) is 0 Å². The number of nitro groups is 1. The molecule has 3 amide bonds. The lowest BCUT2D eigenvalue weighted by molar-refractivity contribution is -0.386. The summed E-state index contributed by atoms with van der Waals surface area (Å²) in [6, 6.07) is 4.81. The maximum Gasteiger partial charge on any atom is 0.275 e. The molecule has 1 aliphatic heterocycles. The molecule has 2 unspecified atom stereocenters. The predicted octanol–water partition coefficient (Wildman–Crippen LogP) is 6.83. The molecular weight excluding hydrogens is 582 g/mol. The Bertz CT molecular complexity index is 1100. The highest BCUT2D eigenvalue weighted by atomic mass is 32.2. The summed E-state index contributed by atoms with van der Waals surface area (Å²) in [7, 11) is 1.50. The maximum absolute atomic E-state index is 12.2. The van der Waals surface area contributed by atoms with E-state index in [0.717, 1.165) is 82.6 Å². The van der Waals surface area contributed by atoms with E-state index in [1.165, 1.54) is 29.8 Å². The number of thioether (sulfide) groups is 1. The number of unbranched alkanes of at least 4 members (excludes halogenated alkanes) is 10. The number of likely N-dealkylation sites (tertiary alicyclic amines) is 1. The number of carbonyl (C=O) groups is 4. The zero-order chi connectivity index (χ0) is 32.3. The quantitative estimate of drug-likeness (QED) is 0.0566. The van der Waals surface area contributed by atoms with E-state index in [1.54, 1.807) is 19.1 Å². The molecule has 1 heterocycles. The van der Waals surface area contributed by atoms with E-state index in [2.05, 4.69) is 5.32 Å². The molecule has 1 saturated heterocycles. The van der Waals surface area contributed by atoms with Crippen LogP contribution in [0.25, 0.3) is 0 Å². The van der Waals surface area contributed by atoms with Crippen molar-refractivity contribution in [3.63, 3.8) is 0 Å². The van der Waals surface area contributed by atoms with Gasteiger partial charge in [-0.2, -0.15) is 11.8 Å². The molecule has 0 spiro atoms. The third-order valence-corrected chi connectivity index (χ3v) is 9.19. The molecule has 1 fully saturated rings. The third kappa shape index (κ3) is 13.5. The molecule has 44 heavy (non-hydrogen) atoms. The van der Waals surface area contributed by atoms with Crippen molar-refractivity contribution in [2.75, 3.05) is 19.9 Å². The molecule has 1 N–H and O–H groups in total. The summed E-state index contributed by atoms with van der Waals surface area (Å²) in [5.41, 5.74) is 1.28. The second-order valence-electron chi connectivity index (χ2n) is 11.6. The molecule has 10 nitrogen and oxygen atoms in total. The summed E-state index contributed by atoms with van der Waals surface area (Å²) in [5, 5.41) is 14.0. The number of nitro benzene ring substituents is 1. The maximum atomic E-state index is 12.2. The Kier molecular flexibility index (Phi) is 17.9. The van der Waals surface area contributed by atoms with Crippen molar-refractivity contribution in [1.82, 2.24) is 10.2 Å². The number of hydrogen-bond acceptors (Lipinski definition) is 8. The van der Waals surface area contributed by atoms with E-state index in [-0.39, 0.29) is 28.7 Å². The third-order valence-electron chi connectivity index (χ3n) is 8.25. The minimum Gasteiger partial charge on any atom is -0.377 e. The largest absolute Gasteiger partial charge is 0.377 e. The van der Waals surface area contributed by atoms with Crippen molar-refractivity contribution < 1.29 is 28.8 Å². The zero-order valence-corrected chi connectivity index (χ0v) is 27.6. The van der Waals surface area contributed by atoms with Gasteiger partial charge in [0.15, 0.2) is 0 Å². The van der Waals surface area contributed by atoms with E-state index in [9.17, 15) is 29.3 Å². The topological polar surface area (TPSA) is 136 Å². The van der Waals surface area contributed by atoms with Crippen LogP contribution >= 0.6 is 11.8 Å². The number of imide groups is 1. The average molecular weight is 634 g/mol. The van der Waals surface area contributed by atoms with E-state index in [4.69, 9.17) is 4.74 Å². The van der Waals surface area contributed by atoms with Gasteiger partial charge < -0.3 is 10.1 Å². The normalized spacial score (nSPS) is 15.5. The molecule has 0 aromatic heterocycles. The number of amides is 3. The number of carbonyl (C=O) groups excluding carboxylic acids is 4. The van der Waals surface area contributed by atoms with Crippen LogP contribution in [0.1, 0.15) is 127 Å². The molecule has 1 aromatic rings. The predicted molar refractivity (Wildman–Crippen MR) is 173 cm³/mol. The molecule has 2 atom stereocenters. The Morgan fingerprint density at radius 2 is 1.55 bits per heavy atom. The van der Waals surface area contributed by atoms with Gasteiger partial charge in [0.05, 0.1) is 21.8 Å². The molecule has 1 aromatic carbocycles. The number of rotatable bonds is 24. The Hall–Kier alpha value is -2.79. The van der Waals surface area contributed by atoms with Crippen LogP contribution in [-0.4, -0.2) is 58.5 Å². The van der Waals surface area contributed by atoms with Crippen LogP contribution in [0.4, 0.5) is 5.69 Å². The van der Waals surface area contributed by atoms with Crippen molar-refractivity contribution in [3.8, 4) is 0 Å². The highest BCUT2D eigenvalue weighted by Crippen LogP contribution is 2.28. The fraction of sp³-hybridized carbons (Fsp3) is 0.697. The number of ether oxygens (including phenoxy) is 1. The molecule has 0 radical (unpaired) electrons. The highest BCUT2D eigenvalue weighted by molar-refractivity contribution is 8.00. The smallest absolute Gasteiger partial charge is 0.275 e. The highest BCUT2D eigenvalue weighted by Gasteiger charge is 2.37. The number of benzene rings is 1. The molecule has 0 bridgehead atoms. The fourth-order valence-electron chi connectivity index (χ4n) is 5.43. The number of nitrogens with zero attached hydrogens (tertiary/aromatic N) is 2. The SMILES string of the molecule is COC(C)c1cc(CNC(=O)CCCCCCC(=O)CCCCCCCCCCN2C(=O)CC(SC)C2=O)ccc1[N+](=O)[O-]. The van der Waals surface area contributed by atoms with Gasteiger partial charge in [0.1, 0.15) is 5.78 Å². The lowest BCUT2D eigenvalue weighted by Crippen LogP contribution is -2.32. The Balaban J connectivity index is 1.42. The van der Waals surface area contributed by atoms with Gasteiger partial charge in [-0.15, -0.1) is 0 Å². The van der Waals surface area contributed by atoms with Gasteiger partial charge in [0, 0.05) is 51.9 Å². The van der Waals surface area contributed by atoms with Crippen LogP contribution in [0.5, 0.6) is 0 Å². The fourth-order valence-corrected chi connectivity index (χ4v) is 6.07. The Morgan fingerprint density at radius 3 is 2.09 bits per heavy atom. The number of Topliss-reactive ketones (excluding diaryl/α,β-unsaturated/α-hetero) is 1. The summed E-state index contributed by atoms with van der Waals surface area (Å²) in [6.07, 6.45) is 15.4. The Labute approximate surface area is 266 Å². The summed E-state index contributed by atoms with van der Waals surface area (Å²) in [5.74, 6) is 0.211. The molecule has 11 heteroatoms. The molecule has 2 rings (SSSR count). The first kappa shape index (κ1) is 37.4.